The average molecular weight is 375 g/mol. The molecule has 2 aromatic heterocycles. The molecule has 0 spiro atoms. The first-order chi connectivity index (χ1) is 13.2. The molecule has 0 saturated heterocycles. The molecule has 3 rings (SSSR count). The van der Waals surface area contributed by atoms with E-state index >= 15 is 0 Å². The summed E-state index contributed by atoms with van der Waals surface area (Å²) in [7, 11) is 0. The smallest absolute Gasteiger partial charge is 0.246 e. The first-order valence-corrected chi connectivity index (χ1v) is 9.67. The highest BCUT2D eigenvalue weighted by molar-refractivity contribution is 7.12. The van der Waals surface area contributed by atoms with Crippen molar-refractivity contribution in [1.29, 1.82) is 5.26 Å². The summed E-state index contributed by atoms with van der Waals surface area (Å²) >= 11 is 1.48. The Bertz CT molecular complexity index is 905. The lowest BCUT2D eigenvalue weighted by atomic mass is 9.91. The second kappa shape index (κ2) is 9.11. The van der Waals surface area contributed by atoms with E-state index in [1.807, 2.05) is 35.4 Å². The summed E-state index contributed by atoms with van der Waals surface area (Å²) in [6, 6.07) is 8.19. The molecule has 0 aliphatic carbocycles. The fourth-order valence-electron chi connectivity index (χ4n) is 3.19. The Hall–Kier alpha value is -2.97. The zero-order valence-corrected chi connectivity index (χ0v) is 15.9. The van der Waals surface area contributed by atoms with E-state index in [9.17, 15) is 10.1 Å². The van der Waals surface area contributed by atoms with Crippen LogP contribution < -0.4 is 0 Å². The second-order valence-corrected chi connectivity index (χ2v) is 7.51. The summed E-state index contributed by atoms with van der Waals surface area (Å²) in [5.41, 5.74) is 2.38. The number of pyridine rings is 1. The predicted octanol–water partition coefficient (Wildman–Crippen LogP) is 4.37. The fraction of sp³-hybridized carbons (Fsp3) is 0.227. The third-order valence-corrected chi connectivity index (χ3v) is 5.57. The first-order valence-electron chi connectivity index (χ1n) is 8.86. The summed E-state index contributed by atoms with van der Waals surface area (Å²) in [5, 5.41) is 9.20. The van der Waals surface area contributed by atoms with Crippen LogP contribution in [0.2, 0.25) is 0 Å². The maximum absolute atomic E-state index is 12.1. The van der Waals surface area contributed by atoms with E-state index in [4.69, 9.17) is 0 Å². The molecular weight excluding hydrogens is 354 g/mol. The van der Waals surface area contributed by atoms with Crippen molar-refractivity contribution in [2.75, 3.05) is 6.54 Å². The van der Waals surface area contributed by atoms with Gasteiger partial charge >= 0.3 is 0 Å². The molecule has 0 fully saturated rings. The minimum atomic E-state index is -0.0575. The second-order valence-electron chi connectivity index (χ2n) is 6.38. The number of amides is 1. The van der Waals surface area contributed by atoms with Crippen LogP contribution in [0.15, 0.2) is 67.6 Å². The van der Waals surface area contributed by atoms with Crippen LogP contribution in [-0.4, -0.2) is 22.3 Å². The lowest BCUT2D eigenvalue weighted by molar-refractivity contribution is -0.127. The molecule has 1 atom stereocenters. The Balaban J connectivity index is 1.64. The number of nitrogens with zero attached hydrogens (tertiary/aromatic N) is 3. The van der Waals surface area contributed by atoms with Crippen molar-refractivity contribution in [3.63, 3.8) is 0 Å². The van der Waals surface area contributed by atoms with Crippen molar-refractivity contribution in [2.45, 2.75) is 25.3 Å². The molecule has 2 aromatic rings. The maximum Gasteiger partial charge on any atom is 0.246 e. The molecule has 0 unspecified atom stereocenters. The molecule has 0 bridgehead atoms. The third kappa shape index (κ3) is 4.81. The highest BCUT2D eigenvalue weighted by Gasteiger charge is 2.28. The Morgan fingerprint density at radius 3 is 3.04 bits per heavy atom. The van der Waals surface area contributed by atoms with Crippen LogP contribution in [0.1, 0.15) is 33.2 Å². The van der Waals surface area contributed by atoms with Gasteiger partial charge in [-0.3, -0.25) is 9.78 Å². The number of allylic oxidation sites excluding steroid dienone is 4. The molecule has 1 aliphatic rings. The maximum atomic E-state index is 12.1. The molecule has 5 heteroatoms. The van der Waals surface area contributed by atoms with E-state index in [0.717, 1.165) is 17.7 Å². The van der Waals surface area contributed by atoms with Gasteiger partial charge in [0.05, 0.1) is 6.54 Å². The number of carbonyl (C=O) groups is 1. The Morgan fingerprint density at radius 1 is 1.44 bits per heavy atom. The highest BCUT2D eigenvalue weighted by Crippen LogP contribution is 2.36. The van der Waals surface area contributed by atoms with Gasteiger partial charge in [0, 0.05) is 29.7 Å². The lowest BCUT2D eigenvalue weighted by Gasteiger charge is -2.31. The van der Waals surface area contributed by atoms with Gasteiger partial charge in [0.15, 0.2) is 0 Å². The van der Waals surface area contributed by atoms with E-state index in [-0.39, 0.29) is 11.8 Å². The van der Waals surface area contributed by atoms with Crippen molar-refractivity contribution in [1.82, 2.24) is 9.88 Å². The summed E-state index contributed by atoms with van der Waals surface area (Å²) in [6.45, 7) is 4.81. The van der Waals surface area contributed by atoms with Crippen LogP contribution in [0.3, 0.4) is 0 Å². The van der Waals surface area contributed by atoms with Crippen molar-refractivity contribution < 1.29 is 4.79 Å². The quantitative estimate of drug-likeness (QED) is 0.556. The number of thiophene rings is 1. The minimum Gasteiger partial charge on any atom is -0.333 e. The third-order valence-electron chi connectivity index (χ3n) is 4.53. The molecule has 1 amide bonds. The number of aromatic nitrogens is 1. The molecule has 0 aromatic carbocycles. The van der Waals surface area contributed by atoms with E-state index < -0.39 is 0 Å². The van der Waals surface area contributed by atoms with Gasteiger partial charge < -0.3 is 4.90 Å². The number of nitriles is 1. The topological polar surface area (TPSA) is 57.0 Å². The Kier molecular flexibility index (Phi) is 6.35. The van der Waals surface area contributed by atoms with Gasteiger partial charge in [0.25, 0.3) is 0 Å². The van der Waals surface area contributed by atoms with Crippen LogP contribution in [0, 0.1) is 11.3 Å². The summed E-state index contributed by atoms with van der Waals surface area (Å²) in [4.78, 5) is 19.8. The molecule has 136 valence electrons. The van der Waals surface area contributed by atoms with Gasteiger partial charge in [-0.15, -0.1) is 11.3 Å². The van der Waals surface area contributed by atoms with Gasteiger partial charge in [-0.05, 0) is 42.2 Å². The number of fused-ring (bicyclic) bond motifs is 1. The summed E-state index contributed by atoms with van der Waals surface area (Å²) < 4.78 is 0. The van der Waals surface area contributed by atoms with Gasteiger partial charge in [-0.1, -0.05) is 36.9 Å². The molecule has 0 radical (unpaired) electrons. The number of rotatable bonds is 6. The van der Waals surface area contributed by atoms with E-state index in [1.54, 1.807) is 6.20 Å². The number of hydrogen-bond acceptors (Lipinski definition) is 4. The van der Waals surface area contributed by atoms with Gasteiger partial charge in [0.1, 0.15) is 10.9 Å². The summed E-state index contributed by atoms with van der Waals surface area (Å²) in [6.07, 6.45) is 15.0. The van der Waals surface area contributed by atoms with E-state index in [1.165, 1.54) is 28.5 Å². The molecule has 4 nitrogen and oxygen atoms in total. The minimum absolute atomic E-state index is 0.0575. The van der Waals surface area contributed by atoms with E-state index in [0.29, 0.717) is 18.0 Å². The van der Waals surface area contributed by atoms with Crippen LogP contribution >= 0.6 is 11.3 Å². The van der Waals surface area contributed by atoms with Gasteiger partial charge in [-0.25, -0.2) is 0 Å². The largest absolute Gasteiger partial charge is 0.333 e. The molecule has 27 heavy (non-hydrogen) atoms. The molecule has 1 aliphatic heterocycles. The monoisotopic (exact) mass is 375 g/mol. The molecular formula is C22H21N3OS. The fourth-order valence-corrected chi connectivity index (χ4v) is 4.25. The van der Waals surface area contributed by atoms with E-state index in [2.05, 4.69) is 35.9 Å². The van der Waals surface area contributed by atoms with Crippen molar-refractivity contribution in [2.24, 2.45) is 0 Å². The first kappa shape index (κ1) is 18.8. The van der Waals surface area contributed by atoms with Gasteiger partial charge in [0.2, 0.25) is 5.91 Å². The zero-order chi connectivity index (χ0) is 19.1. The summed E-state index contributed by atoms with van der Waals surface area (Å²) in [5.74, 6) is 0.150. The SMILES string of the molecule is C=CC(=O)N1Cc2sc(C#N)cc2[C@@H](C/C=C\C=C/Cc2cccnc2)C1. The van der Waals surface area contributed by atoms with Crippen molar-refractivity contribution in [3.8, 4) is 6.07 Å². The van der Waals surface area contributed by atoms with Crippen molar-refractivity contribution >= 4 is 17.2 Å². The Morgan fingerprint density at radius 2 is 2.30 bits per heavy atom. The molecule has 0 saturated carbocycles. The average Bonchev–Trinajstić information content (AvgIpc) is 3.14. The number of hydrogen-bond donors (Lipinski definition) is 0. The Labute approximate surface area is 163 Å². The zero-order valence-electron chi connectivity index (χ0n) is 15.0. The van der Waals surface area contributed by atoms with Crippen molar-refractivity contribution in [3.05, 3.63) is 88.4 Å². The predicted molar refractivity (Wildman–Crippen MR) is 108 cm³/mol. The molecule has 0 N–H and O–H groups in total. The molecule has 3 heterocycles. The van der Waals surface area contributed by atoms with Crippen LogP contribution in [0.5, 0.6) is 0 Å². The highest BCUT2D eigenvalue weighted by atomic mass is 32.1. The lowest BCUT2D eigenvalue weighted by Crippen LogP contribution is -2.36. The van der Waals surface area contributed by atoms with Crippen LogP contribution in [0.4, 0.5) is 0 Å². The standard InChI is InChI=1S/C22H21N3OS/c1-2-22(26)25-15-18(20-12-19(13-23)27-21(20)16-25)10-6-4-3-5-8-17-9-7-11-24-14-17/h2-7,9,11-12,14,18H,1,8,10,15-16H2/b5-3-,6-4-/t18-/m0/s1. The van der Waals surface area contributed by atoms with Crippen LogP contribution in [0.25, 0.3) is 0 Å². The number of carbonyl (C=O) groups excluding carboxylic acids is 1. The van der Waals surface area contributed by atoms with Gasteiger partial charge in [-0.2, -0.15) is 5.26 Å². The van der Waals surface area contributed by atoms with Crippen LogP contribution in [-0.2, 0) is 17.8 Å². The normalized spacial score (nSPS) is 16.4.